The van der Waals surface area contributed by atoms with E-state index in [1.807, 2.05) is 12.1 Å². The first-order valence-electron chi connectivity index (χ1n) is 7.32. The highest BCUT2D eigenvalue weighted by atomic mass is 35.5. The van der Waals surface area contributed by atoms with E-state index in [9.17, 15) is 8.42 Å². The molecule has 1 aliphatic heterocycles. The SMILES string of the molecule is CN(C)S(=O)(=O)c1ccc(N2CCCCC2CCCl)cc1. The molecule has 1 aromatic rings. The molecular formula is C15H23ClN2O2S. The van der Waals surface area contributed by atoms with Gasteiger partial charge in [0.05, 0.1) is 4.90 Å². The molecule has 0 bridgehead atoms. The van der Waals surface area contributed by atoms with Crippen LogP contribution in [0.1, 0.15) is 25.7 Å². The Balaban J connectivity index is 2.21. The van der Waals surface area contributed by atoms with Gasteiger partial charge in [-0.3, -0.25) is 0 Å². The van der Waals surface area contributed by atoms with Crippen LogP contribution in [0, 0.1) is 0 Å². The summed E-state index contributed by atoms with van der Waals surface area (Å²) in [6.07, 6.45) is 4.55. The summed E-state index contributed by atoms with van der Waals surface area (Å²) in [6.45, 7) is 1.02. The summed E-state index contributed by atoms with van der Waals surface area (Å²) in [5, 5.41) is 0. The molecule has 1 saturated heterocycles. The van der Waals surface area contributed by atoms with Crippen LogP contribution in [-0.4, -0.2) is 45.3 Å². The summed E-state index contributed by atoms with van der Waals surface area (Å²) < 4.78 is 25.4. The molecule has 118 valence electrons. The van der Waals surface area contributed by atoms with Gasteiger partial charge in [0.25, 0.3) is 0 Å². The number of nitrogens with zero attached hydrogens (tertiary/aromatic N) is 2. The average molecular weight is 331 g/mol. The van der Waals surface area contributed by atoms with Gasteiger partial charge in [-0.1, -0.05) is 0 Å². The molecule has 1 unspecified atom stereocenters. The first kappa shape index (κ1) is 16.6. The molecule has 1 aliphatic rings. The van der Waals surface area contributed by atoms with Gasteiger partial charge in [-0.15, -0.1) is 11.6 Å². The molecule has 0 radical (unpaired) electrons. The summed E-state index contributed by atoms with van der Waals surface area (Å²) in [6, 6.07) is 7.66. The van der Waals surface area contributed by atoms with Crippen molar-refractivity contribution in [3.05, 3.63) is 24.3 Å². The normalized spacial score (nSPS) is 20.0. The minimum Gasteiger partial charge on any atom is -0.369 e. The molecule has 0 N–H and O–H groups in total. The van der Waals surface area contributed by atoms with Crippen molar-refractivity contribution in [3.8, 4) is 0 Å². The first-order chi connectivity index (χ1) is 9.96. The summed E-state index contributed by atoms with van der Waals surface area (Å²) >= 11 is 5.90. The lowest BCUT2D eigenvalue weighted by atomic mass is 9.99. The van der Waals surface area contributed by atoms with Crippen molar-refractivity contribution in [2.75, 3.05) is 31.4 Å². The molecular weight excluding hydrogens is 308 g/mol. The second-order valence-corrected chi connectivity index (χ2v) is 8.13. The van der Waals surface area contributed by atoms with Gasteiger partial charge < -0.3 is 4.90 Å². The Bertz CT molecular complexity index is 556. The second kappa shape index (κ2) is 6.99. The number of alkyl halides is 1. The molecule has 2 rings (SSSR count). The number of rotatable bonds is 5. The molecule has 0 aliphatic carbocycles. The predicted molar refractivity (Wildman–Crippen MR) is 87.6 cm³/mol. The van der Waals surface area contributed by atoms with E-state index in [4.69, 9.17) is 11.6 Å². The molecule has 1 aromatic carbocycles. The van der Waals surface area contributed by atoms with Crippen molar-refractivity contribution < 1.29 is 8.42 Å². The molecule has 1 fully saturated rings. The Morgan fingerprint density at radius 1 is 1.24 bits per heavy atom. The van der Waals surface area contributed by atoms with E-state index in [2.05, 4.69) is 4.90 Å². The van der Waals surface area contributed by atoms with E-state index >= 15 is 0 Å². The van der Waals surface area contributed by atoms with Crippen molar-refractivity contribution in [1.82, 2.24) is 4.31 Å². The number of halogens is 1. The molecule has 0 saturated carbocycles. The summed E-state index contributed by atoms with van der Waals surface area (Å²) in [5.74, 6) is 0.661. The quantitative estimate of drug-likeness (QED) is 0.779. The fraction of sp³-hybridized carbons (Fsp3) is 0.600. The molecule has 4 nitrogen and oxygen atoms in total. The van der Waals surface area contributed by atoms with E-state index in [0.717, 1.165) is 25.1 Å². The Hall–Kier alpha value is -0.780. The number of anilines is 1. The van der Waals surface area contributed by atoms with E-state index in [0.29, 0.717) is 16.8 Å². The van der Waals surface area contributed by atoms with Gasteiger partial charge in [-0.2, -0.15) is 0 Å². The molecule has 0 spiro atoms. The van der Waals surface area contributed by atoms with Crippen molar-refractivity contribution in [3.63, 3.8) is 0 Å². The number of piperidine rings is 1. The van der Waals surface area contributed by atoms with Gasteiger partial charge in [0.2, 0.25) is 10.0 Å². The number of sulfonamides is 1. The van der Waals surface area contributed by atoms with Gasteiger partial charge in [-0.25, -0.2) is 12.7 Å². The predicted octanol–water partition coefficient (Wildman–Crippen LogP) is 2.92. The maximum absolute atomic E-state index is 12.1. The Kier molecular flexibility index (Phi) is 5.52. The van der Waals surface area contributed by atoms with Crippen molar-refractivity contribution in [2.24, 2.45) is 0 Å². The van der Waals surface area contributed by atoms with Crippen molar-refractivity contribution in [2.45, 2.75) is 36.6 Å². The maximum atomic E-state index is 12.1. The fourth-order valence-electron chi connectivity index (χ4n) is 2.79. The summed E-state index contributed by atoms with van der Waals surface area (Å²) in [4.78, 5) is 2.69. The zero-order chi connectivity index (χ0) is 15.5. The highest BCUT2D eigenvalue weighted by Gasteiger charge is 2.23. The highest BCUT2D eigenvalue weighted by molar-refractivity contribution is 7.89. The van der Waals surface area contributed by atoms with Gasteiger partial charge in [0, 0.05) is 38.2 Å². The maximum Gasteiger partial charge on any atom is 0.242 e. The van der Waals surface area contributed by atoms with Crippen LogP contribution < -0.4 is 4.90 Å². The fourth-order valence-corrected chi connectivity index (χ4v) is 3.94. The van der Waals surface area contributed by atoms with Crippen LogP contribution in [0.3, 0.4) is 0 Å². The largest absolute Gasteiger partial charge is 0.369 e. The highest BCUT2D eigenvalue weighted by Crippen LogP contribution is 2.28. The van der Waals surface area contributed by atoms with Crippen LogP contribution in [0.4, 0.5) is 5.69 Å². The lowest BCUT2D eigenvalue weighted by Gasteiger charge is -2.37. The number of hydrogen-bond donors (Lipinski definition) is 0. The lowest BCUT2D eigenvalue weighted by Crippen LogP contribution is -2.39. The molecule has 21 heavy (non-hydrogen) atoms. The van der Waals surface area contributed by atoms with Gasteiger partial charge in [0.15, 0.2) is 0 Å². The number of benzene rings is 1. The van der Waals surface area contributed by atoms with E-state index < -0.39 is 10.0 Å². The van der Waals surface area contributed by atoms with Crippen LogP contribution in [0.25, 0.3) is 0 Å². The van der Waals surface area contributed by atoms with Crippen molar-refractivity contribution >= 4 is 27.3 Å². The van der Waals surface area contributed by atoms with Crippen LogP contribution in [0.5, 0.6) is 0 Å². The van der Waals surface area contributed by atoms with Crippen LogP contribution in [0.2, 0.25) is 0 Å². The Morgan fingerprint density at radius 2 is 1.90 bits per heavy atom. The first-order valence-corrected chi connectivity index (χ1v) is 9.29. The van der Waals surface area contributed by atoms with Crippen LogP contribution >= 0.6 is 11.6 Å². The third-order valence-corrected chi connectivity index (χ3v) is 6.06. The standard InChI is InChI=1S/C15H23ClN2O2S/c1-17(2)21(19,20)15-8-6-14(7-9-15)18-12-4-3-5-13(18)10-11-16/h6-9,13H,3-5,10-12H2,1-2H3. The molecule has 0 amide bonds. The molecule has 1 heterocycles. The van der Waals surface area contributed by atoms with Gasteiger partial charge in [-0.05, 0) is 49.9 Å². The molecule has 6 heteroatoms. The summed E-state index contributed by atoms with van der Waals surface area (Å²) in [5.41, 5.74) is 1.09. The lowest BCUT2D eigenvalue weighted by molar-refractivity contribution is 0.451. The zero-order valence-corrected chi connectivity index (χ0v) is 14.2. The topological polar surface area (TPSA) is 40.6 Å². The van der Waals surface area contributed by atoms with Gasteiger partial charge in [0.1, 0.15) is 0 Å². The van der Waals surface area contributed by atoms with E-state index in [1.165, 1.54) is 17.1 Å². The Morgan fingerprint density at radius 3 is 2.48 bits per heavy atom. The van der Waals surface area contributed by atoms with Crippen molar-refractivity contribution in [1.29, 1.82) is 0 Å². The van der Waals surface area contributed by atoms with E-state index in [-0.39, 0.29) is 0 Å². The molecule has 1 atom stereocenters. The monoisotopic (exact) mass is 330 g/mol. The van der Waals surface area contributed by atoms with Crippen LogP contribution in [0.15, 0.2) is 29.2 Å². The second-order valence-electron chi connectivity index (χ2n) is 5.60. The third-order valence-electron chi connectivity index (χ3n) is 4.02. The zero-order valence-electron chi connectivity index (χ0n) is 12.6. The number of hydrogen-bond acceptors (Lipinski definition) is 3. The van der Waals surface area contributed by atoms with Crippen LogP contribution in [-0.2, 0) is 10.0 Å². The molecule has 0 aromatic heterocycles. The van der Waals surface area contributed by atoms with Gasteiger partial charge >= 0.3 is 0 Å². The summed E-state index contributed by atoms with van der Waals surface area (Å²) in [7, 11) is -0.262. The smallest absolute Gasteiger partial charge is 0.242 e. The third kappa shape index (κ3) is 3.71. The minimum atomic E-state index is -3.35. The Labute approximate surface area is 132 Å². The average Bonchev–Trinajstić information content (AvgIpc) is 2.48. The van der Waals surface area contributed by atoms with E-state index in [1.54, 1.807) is 26.2 Å². The minimum absolute atomic E-state index is 0.335.